The predicted octanol–water partition coefficient (Wildman–Crippen LogP) is -1.66. The summed E-state index contributed by atoms with van der Waals surface area (Å²) in [4.78, 5) is -2.47. The standard InChI is InChI=1S/C5H10O6S/c6-4-3-11-2-1-5(4,7)12(8,9)10/h4,6-7H,1-3H2,(H,8,9,10). The van der Waals surface area contributed by atoms with Crippen LogP contribution in [0, 0.1) is 0 Å². The number of aliphatic hydroxyl groups excluding tert-OH is 1. The average Bonchev–Trinajstić information content (AvgIpc) is 1.93. The molecule has 0 amide bonds. The van der Waals surface area contributed by atoms with E-state index in [2.05, 4.69) is 4.74 Å². The zero-order valence-electron chi connectivity index (χ0n) is 6.17. The van der Waals surface area contributed by atoms with Crippen molar-refractivity contribution in [2.45, 2.75) is 17.5 Å². The molecular formula is C5H10O6S. The van der Waals surface area contributed by atoms with Crippen LogP contribution in [0.25, 0.3) is 0 Å². The molecule has 12 heavy (non-hydrogen) atoms. The van der Waals surface area contributed by atoms with Crippen molar-refractivity contribution in [3.8, 4) is 0 Å². The van der Waals surface area contributed by atoms with Crippen LogP contribution < -0.4 is 0 Å². The Morgan fingerprint density at radius 3 is 2.42 bits per heavy atom. The van der Waals surface area contributed by atoms with Crippen molar-refractivity contribution in [3.05, 3.63) is 0 Å². The summed E-state index contributed by atoms with van der Waals surface area (Å²) in [7, 11) is -4.65. The Bertz CT molecular complexity index is 259. The van der Waals surface area contributed by atoms with Crippen molar-refractivity contribution in [2.75, 3.05) is 13.2 Å². The van der Waals surface area contributed by atoms with Crippen LogP contribution in [-0.4, -0.2) is 47.4 Å². The van der Waals surface area contributed by atoms with Gasteiger partial charge in [0.25, 0.3) is 10.1 Å². The van der Waals surface area contributed by atoms with Crippen molar-refractivity contribution in [2.24, 2.45) is 0 Å². The number of ether oxygens (including phenoxy) is 1. The van der Waals surface area contributed by atoms with Crippen molar-refractivity contribution in [1.29, 1.82) is 0 Å². The van der Waals surface area contributed by atoms with E-state index in [0.29, 0.717) is 0 Å². The fourth-order valence-corrected chi connectivity index (χ4v) is 1.76. The first kappa shape index (κ1) is 9.87. The van der Waals surface area contributed by atoms with Gasteiger partial charge in [0.2, 0.25) is 4.93 Å². The first-order valence-corrected chi connectivity index (χ1v) is 4.77. The zero-order valence-corrected chi connectivity index (χ0v) is 6.99. The molecule has 1 rings (SSSR count). The summed E-state index contributed by atoms with van der Waals surface area (Å²) in [6, 6.07) is 0. The molecule has 0 aliphatic carbocycles. The molecule has 1 aliphatic rings. The fourth-order valence-electron chi connectivity index (χ4n) is 1.01. The monoisotopic (exact) mass is 198 g/mol. The minimum Gasteiger partial charge on any atom is -0.386 e. The van der Waals surface area contributed by atoms with Crippen LogP contribution in [0.4, 0.5) is 0 Å². The first-order chi connectivity index (χ1) is 5.38. The fraction of sp³-hybridized carbons (Fsp3) is 1.00. The van der Waals surface area contributed by atoms with Gasteiger partial charge in [-0.2, -0.15) is 8.42 Å². The lowest BCUT2D eigenvalue weighted by Crippen LogP contribution is -2.54. The highest BCUT2D eigenvalue weighted by atomic mass is 32.2. The Morgan fingerprint density at radius 1 is 1.50 bits per heavy atom. The van der Waals surface area contributed by atoms with Crippen LogP contribution in [0.5, 0.6) is 0 Å². The maximum absolute atomic E-state index is 10.6. The summed E-state index contributed by atoms with van der Waals surface area (Å²) in [5.41, 5.74) is 0. The number of hydrogen-bond donors (Lipinski definition) is 3. The largest absolute Gasteiger partial charge is 0.386 e. The molecule has 1 saturated heterocycles. The van der Waals surface area contributed by atoms with Crippen molar-refractivity contribution in [3.63, 3.8) is 0 Å². The summed E-state index contributed by atoms with van der Waals surface area (Å²) >= 11 is 0. The molecule has 0 saturated carbocycles. The van der Waals surface area contributed by atoms with Crippen LogP contribution in [0.2, 0.25) is 0 Å². The van der Waals surface area contributed by atoms with Crippen LogP contribution >= 0.6 is 0 Å². The summed E-state index contributed by atoms with van der Waals surface area (Å²) < 4.78 is 34.5. The minimum atomic E-state index is -4.65. The summed E-state index contributed by atoms with van der Waals surface area (Å²) in [6.07, 6.45) is -1.92. The Labute approximate surface area is 69.5 Å². The molecule has 3 N–H and O–H groups in total. The van der Waals surface area contributed by atoms with Crippen LogP contribution in [-0.2, 0) is 14.9 Å². The maximum Gasteiger partial charge on any atom is 0.297 e. The Balaban J connectivity index is 2.95. The van der Waals surface area contributed by atoms with Gasteiger partial charge in [-0.15, -0.1) is 0 Å². The van der Waals surface area contributed by atoms with Crippen LogP contribution in [0.15, 0.2) is 0 Å². The second-order valence-corrected chi connectivity index (χ2v) is 4.32. The van der Waals surface area contributed by atoms with E-state index in [-0.39, 0.29) is 19.6 Å². The Hall–Kier alpha value is -0.210. The maximum atomic E-state index is 10.6. The molecule has 0 spiro atoms. The highest BCUT2D eigenvalue weighted by Crippen LogP contribution is 2.25. The minimum absolute atomic E-state index is 0.00660. The molecule has 0 radical (unpaired) electrons. The van der Waals surface area contributed by atoms with Crippen molar-refractivity contribution in [1.82, 2.24) is 0 Å². The molecule has 2 atom stereocenters. The predicted molar refractivity (Wildman–Crippen MR) is 37.9 cm³/mol. The molecular weight excluding hydrogens is 188 g/mol. The van der Waals surface area contributed by atoms with E-state index in [9.17, 15) is 13.5 Å². The molecule has 0 aromatic heterocycles. The smallest absolute Gasteiger partial charge is 0.297 e. The van der Waals surface area contributed by atoms with Gasteiger partial charge >= 0.3 is 0 Å². The van der Waals surface area contributed by atoms with Gasteiger partial charge in [0.15, 0.2) is 0 Å². The van der Waals surface area contributed by atoms with E-state index >= 15 is 0 Å². The molecule has 0 aromatic rings. The van der Waals surface area contributed by atoms with Crippen LogP contribution in [0.1, 0.15) is 6.42 Å². The summed E-state index contributed by atoms with van der Waals surface area (Å²) in [5.74, 6) is 0. The summed E-state index contributed by atoms with van der Waals surface area (Å²) in [6.45, 7) is -0.302. The van der Waals surface area contributed by atoms with Gasteiger partial charge in [0.05, 0.1) is 13.2 Å². The van der Waals surface area contributed by atoms with E-state index in [4.69, 9.17) is 9.66 Å². The average molecular weight is 198 g/mol. The highest BCUT2D eigenvalue weighted by molar-refractivity contribution is 7.87. The SMILES string of the molecule is O=S(=O)(O)C1(O)CCOCC1O. The van der Waals surface area contributed by atoms with E-state index in [0.717, 1.165) is 0 Å². The molecule has 0 bridgehead atoms. The van der Waals surface area contributed by atoms with Crippen molar-refractivity contribution >= 4 is 10.1 Å². The van der Waals surface area contributed by atoms with Gasteiger partial charge in [0.1, 0.15) is 6.10 Å². The molecule has 72 valence electrons. The molecule has 1 aliphatic heterocycles. The number of rotatable bonds is 1. The normalized spacial score (nSPS) is 38.1. The quantitative estimate of drug-likeness (QED) is 0.436. The van der Waals surface area contributed by atoms with Crippen LogP contribution in [0.3, 0.4) is 0 Å². The number of aliphatic hydroxyl groups is 2. The van der Waals surface area contributed by atoms with Gasteiger partial charge in [0, 0.05) is 6.42 Å². The van der Waals surface area contributed by atoms with E-state index < -0.39 is 21.2 Å². The van der Waals surface area contributed by atoms with Gasteiger partial charge in [-0.3, -0.25) is 4.55 Å². The second-order valence-electron chi connectivity index (χ2n) is 2.66. The molecule has 0 aromatic carbocycles. The lowest BCUT2D eigenvalue weighted by molar-refractivity contribution is -0.111. The lowest BCUT2D eigenvalue weighted by atomic mass is 10.1. The third-order valence-corrected chi connectivity index (χ3v) is 3.22. The van der Waals surface area contributed by atoms with Gasteiger partial charge in [-0.25, -0.2) is 0 Å². The third-order valence-electron chi connectivity index (χ3n) is 1.85. The highest BCUT2D eigenvalue weighted by Gasteiger charge is 2.49. The summed E-state index contributed by atoms with van der Waals surface area (Å²) in [5, 5.41) is 18.4. The second kappa shape index (κ2) is 2.93. The van der Waals surface area contributed by atoms with Crippen molar-refractivity contribution < 1.29 is 27.9 Å². The lowest BCUT2D eigenvalue weighted by Gasteiger charge is -2.33. The molecule has 1 fully saturated rings. The van der Waals surface area contributed by atoms with E-state index in [1.165, 1.54) is 0 Å². The topological polar surface area (TPSA) is 104 Å². The van der Waals surface area contributed by atoms with Gasteiger partial charge in [-0.05, 0) is 0 Å². The Morgan fingerprint density at radius 2 is 2.08 bits per heavy atom. The van der Waals surface area contributed by atoms with Gasteiger partial charge in [-0.1, -0.05) is 0 Å². The first-order valence-electron chi connectivity index (χ1n) is 3.33. The molecule has 7 heteroatoms. The van der Waals surface area contributed by atoms with E-state index in [1.807, 2.05) is 0 Å². The Kier molecular flexibility index (Phi) is 2.41. The number of hydrogen-bond acceptors (Lipinski definition) is 5. The third kappa shape index (κ3) is 1.46. The zero-order chi connectivity index (χ0) is 9.41. The van der Waals surface area contributed by atoms with Gasteiger partial charge < -0.3 is 14.9 Å². The molecule has 6 nitrogen and oxygen atoms in total. The van der Waals surface area contributed by atoms with E-state index in [1.54, 1.807) is 0 Å². The molecule has 2 unspecified atom stereocenters. The molecule has 1 heterocycles.